The summed E-state index contributed by atoms with van der Waals surface area (Å²) in [6, 6.07) is 19.4. The Morgan fingerprint density at radius 1 is 1.07 bits per heavy atom. The Labute approximate surface area is 171 Å². The second-order valence-corrected chi connectivity index (χ2v) is 7.72. The van der Waals surface area contributed by atoms with Crippen LogP contribution in [0.15, 0.2) is 60.7 Å². The Balaban J connectivity index is 1.45. The summed E-state index contributed by atoms with van der Waals surface area (Å²) in [5.41, 5.74) is 2.28. The van der Waals surface area contributed by atoms with Crippen LogP contribution < -0.4 is 5.32 Å². The maximum Gasteiger partial charge on any atom is 0.270 e. The van der Waals surface area contributed by atoms with Crippen molar-refractivity contribution in [1.29, 1.82) is 0 Å². The van der Waals surface area contributed by atoms with Crippen LogP contribution in [0.5, 0.6) is 0 Å². The predicted octanol–water partition coefficient (Wildman–Crippen LogP) is 4.37. The Hall–Kier alpha value is -3.08. The summed E-state index contributed by atoms with van der Waals surface area (Å²) in [6.45, 7) is 2.67. The molecule has 1 aliphatic carbocycles. The minimum Gasteiger partial charge on any atom is -0.351 e. The normalized spacial score (nSPS) is 19.1. The molecule has 2 aromatic carbocycles. The number of benzene rings is 2. The van der Waals surface area contributed by atoms with E-state index in [1.54, 1.807) is 0 Å². The summed E-state index contributed by atoms with van der Waals surface area (Å²) in [5, 5.41) is 4.20. The molecular formula is C24H27N3O2. The highest BCUT2D eigenvalue weighted by Gasteiger charge is 2.30. The number of para-hydroxylation sites is 1. The lowest BCUT2D eigenvalue weighted by Crippen LogP contribution is -2.48. The Morgan fingerprint density at radius 2 is 1.83 bits per heavy atom. The molecule has 29 heavy (non-hydrogen) atoms. The van der Waals surface area contributed by atoms with Gasteiger partial charge in [-0.3, -0.25) is 9.59 Å². The number of carbonyl (C=O) groups excluding carboxylic acids is 2. The topological polar surface area (TPSA) is 65.2 Å². The standard InChI is InChI=1S/C24H27N3O2/c1-2-27(24(29)22-15-18-11-6-7-14-21(18)26-22)20-13-8-12-19(16-20)25-23(28)17-9-4-3-5-10-17/h3-7,9-11,14-15,19-20,26H,2,8,12-13,16H2,1H3,(H,25,28). The Kier molecular flexibility index (Phi) is 5.65. The van der Waals surface area contributed by atoms with Crippen molar-refractivity contribution in [3.05, 3.63) is 71.9 Å². The number of carbonyl (C=O) groups is 2. The second-order valence-electron chi connectivity index (χ2n) is 7.72. The number of hydrogen-bond acceptors (Lipinski definition) is 2. The lowest BCUT2D eigenvalue weighted by molar-refractivity contribution is 0.0619. The first-order chi connectivity index (χ1) is 14.2. The molecule has 4 rings (SSSR count). The minimum absolute atomic E-state index is 0.0312. The van der Waals surface area contributed by atoms with Crippen LogP contribution in [0.25, 0.3) is 10.9 Å². The largest absolute Gasteiger partial charge is 0.351 e. The predicted molar refractivity (Wildman–Crippen MR) is 115 cm³/mol. The van der Waals surface area contributed by atoms with E-state index in [1.807, 2.05) is 72.5 Å². The summed E-state index contributed by atoms with van der Waals surface area (Å²) >= 11 is 0. The molecule has 5 nitrogen and oxygen atoms in total. The molecule has 0 radical (unpaired) electrons. The van der Waals surface area contributed by atoms with Gasteiger partial charge in [0.1, 0.15) is 5.69 Å². The molecule has 1 heterocycles. The van der Waals surface area contributed by atoms with E-state index in [9.17, 15) is 9.59 Å². The molecular weight excluding hydrogens is 362 g/mol. The molecule has 150 valence electrons. The zero-order chi connectivity index (χ0) is 20.2. The molecule has 0 saturated heterocycles. The third-order valence-corrected chi connectivity index (χ3v) is 5.82. The summed E-state index contributed by atoms with van der Waals surface area (Å²) in [5.74, 6) is -0.00928. The number of hydrogen-bond donors (Lipinski definition) is 2. The molecule has 0 bridgehead atoms. The van der Waals surface area contributed by atoms with Crippen molar-refractivity contribution in [3.8, 4) is 0 Å². The third kappa shape index (κ3) is 4.19. The Bertz CT molecular complexity index is 963. The average molecular weight is 389 g/mol. The van der Waals surface area contributed by atoms with E-state index < -0.39 is 0 Å². The summed E-state index contributed by atoms with van der Waals surface area (Å²) < 4.78 is 0. The van der Waals surface area contributed by atoms with E-state index in [2.05, 4.69) is 10.3 Å². The number of nitrogens with zero attached hydrogens (tertiary/aromatic N) is 1. The second kappa shape index (κ2) is 8.52. The molecule has 1 fully saturated rings. The molecule has 3 aromatic rings. The quantitative estimate of drug-likeness (QED) is 0.680. The molecule has 1 aromatic heterocycles. The average Bonchev–Trinajstić information content (AvgIpc) is 3.19. The molecule has 0 spiro atoms. The fourth-order valence-corrected chi connectivity index (χ4v) is 4.35. The van der Waals surface area contributed by atoms with Crippen LogP contribution >= 0.6 is 0 Å². The van der Waals surface area contributed by atoms with E-state index in [4.69, 9.17) is 0 Å². The van der Waals surface area contributed by atoms with Crippen LogP contribution in [0.4, 0.5) is 0 Å². The first-order valence-corrected chi connectivity index (χ1v) is 10.4. The van der Waals surface area contributed by atoms with Crippen molar-refractivity contribution in [2.24, 2.45) is 0 Å². The maximum atomic E-state index is 13.2. The van der Waals surface area contributed by atoms with Gasteiger partial charge < -0.3 is 15.2 Å². The van der Waals surface area contributed by atoms with Gasteiger partial charge in [0.2, 0.25) is 0 Å². The molecule has 2 atom stereocenters. The van der Waals surface area contributed by atoms with Gasteiger partial charge >= 0.3 is 0 Å². The molecule has 5 heteroatoms. The van der Waals surface area contributed by atoms with Gasteiger partial charge in [-0.1, -0.05) is 36.4 Å². The molecule has 1 saturated carbocycles. The minimum atomic E-state index is -0.0405. The lowest BCUT2D eigenvalue weighted by Gasteiger charge is -2.37. The van der Waals surface area contributed by atoms with Crippen LogP contribution in [0, 0.1) is 0 Å². The van der Waals surface area contributed by atoms with Gasteiger partial charge in [-0.2, -0.15) is 0 Å². The highest BCUT2D eigenvalue weighted by molar-refractivity contribution is 5.98. The number of fused-ring (bicyclic) bond motifs is 1. The van der Waals surface area contributed by atoms with Crippen molar-refractivity contribution in [2.45, 2.75) is 44.7 Å². The zero-order valence-corrected chi connectivity index (χ0v) is 16.7. The van der Waals surface area contributed by atoms with Gasteiger partial charge in [-0.15, -0.1) is 0 Å². The van der Waals surface area contributed by atoms with E-state index >= 15 is 0 Å². The molecule has 2 amide bonds. The summed E-state index contributed by atoms with van der Waals surface area (Å²) in [7, 11) is 0. The highest BCUT2D eigenvalue weighted by Crippen LogP contribution is 2.25. The number of nitrogens with one attached hydrogen (secondary N) is 2. The molecule has 2 unspecified atom stereocenters. The van der Waals surface area contributed by atoms with Crippen LogP contribution in [-0.2, 0) is 0 Å². The van der Waals surface area contributed by atoms with Crippen molar-refractivity contribution < 1.29 is 9.59 Å². The molecule has 1 aliphatic rings. The fraction of sp³-hybridized carbons (Fsp3) is 0.333. The third-order valence-electron chi connectivity index (χ3n) is 5.82. The summed E-state index contributed by atoms with van der Waals surface area (Å²) in [4.78, 5) is 30.9. The van der Waals surface area contributed by atoms with Gasteiger partial charge in [0.05, 0.1) is 0 Å². The first kappa shape index (κ1) is 19.2. The number of aromatic amines is 1. The van der Waals surface area contributed by atoms with Crippen molar-refractivity contribution in [1.82, 2.24) is 15.2 Å². The fourth-order valence-electron chi connectivity index (χ4n) is 4.35. The van der Waals surface area contributed by atoms with Crippen LogP contribution in [0.3, 0.4) is 0 Å². The molecule has 2 N–H and O–H groups in total. The lowest BCUT2D eigenvalue weighted by atomic mass is 9.89. The van der Waals surface area contributed by atoms with Crippen molar-refractivity contribution >= 4 is 22.7 Å². The number of amides is 2. The van der Waals surface area contributed by atoms with Gasteiger partial charge in [0.25, 0.3) is 11.8 Å². The number of aromatic nitrogens is 1. The van der Waals surface area contributed by atoms with Crippen LogP contribution in [0.2, 0.25) is 0 Å². The maximum absolute atomic E-state index is 13.2. The monoisotopic (exact) mass is 389 g/mol. The smallest absolute Gasteiger partial charge is 0.270 e. The van der Waals surface area contributed by atoms with Gasteiger partial charge in [-0.05, 0) is 56.9 Å². The van der Waals surface area contributed by atoms with Gasteiger partial charge in [-0.25, -0.2) is 0 Å². The van der Waals surface area contributed by atoms with Crippen molar-refractivity contribution in [2.75, 3.05) is 6.54 Å². The van der Waals surface area contributed by atoms with Crippen molar-refractivity contribution in [3.63, 3.8) is 0 Å². The zero-order valence-electron chi connectivity index (χ0n) is 16.7. The van der Waals surface area contributed by atoms with Gasteiger partial charge in [0.15, 0.2) is 0 Å². The van der Waals surface area contributed by atoms with E-state index in [1.165, 1.54) is 0 Å². The van der Waals surface area contributed by atoms with Crippen LogP contribution in [0.1, 0.15) is 53.5 Å². The number of rotatable bonds is 5. The van der Waals surface area contributed by atoms with E-state index in [0.29, 0.717) is 17.8 Å². The highest BCUT2D eigenvalue weighted by atomic mass is 16.2. The number of H-pyrrole nitrogens is 1. The molecule has 0 aliphatic heterocycles. The van der Waals surface area contributed by atoms with Gasteiger partial charge in [0, 0.05) is 35.1 Å². The first-order valence-electron chi connectivity index (χ1n) is 10.4. The Morgan fingerprint density at radius 3 is 2.59 bits per heavy atom. The summed E-state index contributed by atoms with van der Waals surface area (Å²) in [6.07, 6.45) is 3.71. The SMILES string of the molecule is CCN(C(=O)c1cc2ccccc2[nH]1)C1CCCC(NC(=O)c2ccccc2)C1. The van der Waals surface area contributed by atoms with E-state index in [0.717, 1.165) is 36.6 Å². The van der Waals surface area contributed by atoms with E-state index in [-0.39, 0.29) is 23.9 Å². The van der Waals surface area contributed by atoms with Crippen LogP contribution in [-0.4, -0.2) is 40.3 Å².